The highest BCUT2D eigenvalue weighted by atomic mass is 16.3. The number of rotatable bonds is 1. The number of hydrogen-bond acceptors (Lipinski definition) is 6. The first-order chi connectivity index (χ1) is 12.7. The second-order valence-electron chi connectivity index (χ2n) is 7.65. The Bertz CT molecular complexity index is 988. The lowest BCUT2D eigenvalue weighted by molar-refractivity contribution is -0.134. The topological polar surface area (TPSA) is 138 Å². The molecule has 5 N–H and O–H groups in total. The van der Waals surface area contributed by atoms with Gasteiger partial charge in [0, 0.05) is 12.0 Å². The molecule has 3 unspecified atom stereocenters. The van der Waals surface area contributed by atoms with Gasteiger partial charge in [0.25, 0.3) is 5.91 Å². The predicted octanol–water partition coefficient (Wildman–Crippen LogP) is 1.70. The molecule has 0 radical (unpaired) electrons. The quantitative estimate of drug-likeness (QED) is 0.556. The number of phenols is 1. The molecule has 0 saturated heterocycles. The lowest BCUT2D eigenvalue weighted by atomic mass is 9.54. The van der Waals surface area contributed by atoms with Crippen molar-refractivity contribution in [2.75, 3.05) is 0 Å². The van der Waals surface area contributed by atoms with E-state index in [1.54, 1.807) is 12.1 Å². The van der Waals surface area contributed by atoms with Gasteiger partial charge in [-0.15, -0.1) is 0 Å². The van der Waals surface area contributed by atoms with Crippen LogP contribution < -0.4 is 5.73 Å². The standard InChI is InChI=1S/C20H19NO6/c1-20-10(7-12(23)15(18(20)26)19(21)27)6-9-5-8-3-2-4-11(22)13(8)16(24)14(9)17(20)25/h2-4,9-10,22,24,26H,5-7H2,1H3,(H2,21,27). The van der Waals surface area contributed by atoms with Crippen LogP contribution in [-0.2, 0) is 20.8 Å². The molecule has 1 saturated carbocycles. The fraction of sp³-hybridized carbons (Fsp3) is 0.350. The number of ketones is 2. The number of carbonyl (C=O) groups is 3. The third-order valence-corrected chi connectivity index (χ3v) is 6.28. The van der Waals surface area contributed by atoms with E-state index in [0.29, 0.717) is 12.8 Å². The first-order valence-corrected chi connectivity index (χ1v) is 8.73. The third-order valence-electron chi connectivity index (χ3n) is 6.28. The number of aromatic hydroxyl groups is 1. The predicted molar refractivity (Wildman–Crippen MR) is 94.5 cm³/mol. The average Bonchev–Trinajstić information content (AvgIpc) is 2.57. The number of aliphatic hydroxyl groups is 2. The van der Waals surface area contributed by atoms with Gasteiger partial charge in [0.05, 0.1) is 11.0 Å². The van der Waals surface area contributed by atoms with E-state index in [9.17, 15) is 29.7 Å². The van der Waals surface area contributed by atoms with Crippen LogP contribution in [0.25, 0.3) is 5.76 Å². The molecule has 140 valence electrons. The van der Waals surface area contributed by atoms with E-state index in [2.05, 4.69) is 0 Å². The fourth-order valence-corrected chi connectivity index (χ4v) is 4.82. The number of Topliss-reactive ketones (excluding diaryl/α,β-unsaturated/α-hetero) is 2. The zero-order valence-electron chi connectivity index (χ0n) is 14.7. The van der Waals surface area contributed by atoms with Gasteiger partial charge in [0.2, 0.25) is 0 Å². The van der Waals surface area contributed by atoms with Crippen LogP contribution in [0.15, 0.2) is 35.1 Å². The van der Waals surface area contributed by atoms with Crippen LogP contribution in [0.5, 0.6) is 5.75 Å². The first-order valence-electron chi connectivity index (χ1n) is 8.73. The largest absolute Gasteiger partial charge is 0.510 e. The van der Waals surface area contributed by atoms with Gasteiger partial charge in [0.15, 0.2) is 11.6 Å². The number of fused-ring (bicyclic) bond motifs is 3. The van der Waals surface area contributed by atoms with Crippen molar-refractivity contribution < 1.29 is 29.7 Å². The molecule has 3 aliphatic carbocycles. The zero-order valence-corrected chi connectivity index (χ0v) is 14.7. The number of amides is 1. The second-order valence-corrected chi connectivity index (χ2v) is 7.65. The molecule has 1 fully saturated rings. The molecule has 0 heterocycles. The maximum Gasteiger partial charge on any atom is 0.255 e. The molecular weight excluding hydrogens is 350 g/mol. The highest BCUT2D eigenvalue weighted by Crippen LogP contribution is 2.55. The lowest BCUT2D eigenvalue weighted by Gasteiger charge is -2.47. The summed E-state index contributed by atoms with van der Waals surface area (Å²) in [5.41, 5.74) is 4.23. The smallest absolute Gasteiger partial charge is 0.255 e. The number of aliphatic hydroxyl groups excluding tert-OH is 2. The number of primary amides is 1. The summed E-state index contributed by atoms with van der Waals surface area (Å²) in [6, 6.07) is 4.86. The Morgan fingerprint density at radius 3 is 2.56 bits per heavy atom. The Morgan fingerprint density at radius 1 is 1.19 bits per heavy atom. The summed E-state index contributed by atoms with van der Waals surface area (Å²) in [6.45, 7) is 1.47. The summed E-state index contributed by atoms with van der Waals surface area (Å²) in [5, 5.41) is 31.5. The Labute approximate surface area is 154 Å². The number of hydrogen-bond donors (Lipinski definition) is 4. The van der Waals surface area contributed by atoms with E-state index in [-0.39, 0.29) is 35.0 Å². The van der Waals surface area contributed by atoms with Crippen LogP contribution in [0.2, 0.25) is 0 Å². The monoisotopic (exact) mass is 369 g/mol. The van der Waals surface area contributed by atoms with E-state index in [4.69, 9.17) is 5.73 Å². The molecule has 27 heavy (non-hydrogen) atoms. The van der Waals surface area contributed by atoms with Crippen molar-refractivity contribution in [3.8, 4) is 5.75 Å². The normalized spacial score (nSPS) is 30.0. The minimum absolute atomic E-state index is 0.0674. The molecule has 3 atom stereocenters. The van der Waals surface area contributed by atoms with Crippen molar-refractivity contribution in [1.29, 1.82) is 0 Å². The number of phenolic OH excluding ortho intramolecular Hbond substituents is 1. The summed E-state index contributed by atoms with van der Waals surface area (Å²) >= 11 is 0. The molecule has 0 spiro atoms. The molecule has 4 rings (SSSR count). The van der Waals surface area contributed by atoms with E-state index in [1.165, 1.54) is 13.0 Å². The molecule has 7 heteroatoms. The molecule has 1 aromatic carbocycles. The van der Waals surface area contributed by atoms with Crippen LogP contribution in [0.3, 0.4) is 0 Å². The fourth-order valence-electron chi connectivity index (χ4n) is 4.82. The molecule has 7 nitrogen and oxygen atoms in total. The van der Waals surface area contributed by atoms with Gasteiger partial charge in [-0.05, 0) is 43.2 Å². The van der Waals surface area contributed by atoms with Crippen LogP contribution in [-0.4, -0.2) is 32.8 Å². The van der Waals surface area contributed by atoms with Crippen molar-refractivity contribution >= 4 is 23.2 Å². The highest BCUT2D eigenvalue weighted by molar-refractivity contribution is 6.22. The molecule has 0 aromatic heterocycles. The van der Waals surface area contributed by atoms with Crippen LogP contribution in [0.1, 0.15) is 30.9 Å². The molecular formula is C20H19NO6. The second kappa shape index (κ2) is 5.45. The lowest BCUT2D eigenvalue weighted by Crippen LogP contribution is -2.51. The summed E-state index contributed by atoms with van der Waals surface area (Å²) in [4.78, 5) is 37.3. The Kier molecular flexibility index (Phi) is 3.50. The number of nitrogens with two attached hydrogens (primary N) is 1. The Morgan fingerprint density at radius 2 is 1.89 bits per heavy atom. The molecule has 3 aliphatic rings. The number of allylic oxidation sites excluding steroid dienone is 2. The van der Waals surface area contributed by atoms with Gasteiger partial charge in [-0.25, -0.2) is 0 Å². The van der Waals surface area contributed by atoms with E-state index in [0.717, 1.165) is 5.56 Å². The Balaban J connectivity index is 1.93. The van der Waals surface area contributed by atoms with E-state index < -0.39 is 40.1 Å². The van der Waals surface area contributed by atoms with Gasteiger partial charge >= 0.3 is 0 Å². The molecule has 1 aromatic rings. The van der Waals surface area contributed by atoms with Gasteiger partial charge in [-0.1, -0.05) is 12.1 Å². The van der Waals surface area contributed by atoms with Crippen molar-refractivity contribution in [3.05, 3.63) is 46.2 Å². The molecule has 0 bridgehead atoms. The summed E-state index contributed by atoms with van der Waals surface area (Å²) in [5.74, 6) is -4.08. The Hall–Kier alpha value is -3.09. The van der Waals surface area contributed by atoms with Gasteiger partial charge in [0.1, 0.15) is 22.8 Å². The summed E-state index contributed by atoms with van der Waals surface area (Å²) in [6.07, 6.45) is 0.753. The minimum atomic E-state index is -1.51. The van der Waals surface area contributed by atoms with Crippen LogP contribution in [0.4, 0.5) is 0 Å². The van der Waals surface area contributed by atoms with Crippen molar-refractivity contribution in [2.45, 2.75) is 26.2 Å². The maximum absolute atomic E-state index is 13.4. The van der Waals surface area contributed by atoms with Gasteiger partial charge in [-0.2, -0.15) is 0 Å². The summed E-state index contributed by atoms with van der Waals surface area (Å²) in [7, 11) is 0. The average molecular weight is 369 g/mol. The van der Waals surface area contributed by atoms with Crippen LogP contribution >= 0.6 is 0 Å². The molecule has 1 amide bonds. The highest BCUT2D eigenvalue weighted by Gasteiger charge is 2.58. The first kappa shape index (κ1) is 17.3. The van der Waals surface area contributed by atoms with E-state index in [1.807, 2.05) is 0 Å². The number of benzene rings is 1. The maximum atomic E-state index is 13.4. The van der Waals surface area contributed by atoms with Gasteiger partial charge in [-0.3, -0.25) is 14.4 Å². The van der Waals surface area contributed by atoms with Crippen LogP contribution in [0, 0.1) is 17.3 Å². The molecule has 0 aliphatic heterocycles. The van der Waals surface area contributed by atoms with Crippen molar-refractivity contribution in [1.82, 2.24) is 0 Å². The van der Waals surface area contributed by atoms with E-state index >= 15 is 0 Å². The third kappa shape index (κ3) is 2.11. The zero-order chi connectivity index (χ0) is 19.7. The summed E-state index contributed by atoms with van der Waals surface area (Å²) < 4.78 is 0. The van der Waals surface area contributed by atoms with Crippen molar-refractivity contribution in [3.63, 3.8) is 0 Å². The van der Waals surface area contributed by atoms with Crippen molar-refractivity contribution in [2.24, 2.45) is 23.0 Å². The SMILES string of the molecule is CC12C(=O)C3=C(O)c4c(O)cccc4CC3CC1CC(=O)C(C(N)=O)=C2O. The minimum Gasteiger partial charge on any atom is -0.510 e. The number of carbonyl (C=O) groups excluding carboxylic acids is 3. The van der Waals surface area contributed by atoms with Gasteiger partial charge < -0.3 is 21.1 Å².